The van der Waals surface area contributed by atoms with Crippen LogP contribution >= 0.6 is 15.9 Å². The molecule has 1 aliphatic rings. The number of nitrogens with zero attached hydrogens (tertiary/aromatic N) is 1. The van der Waals surface area contributed by atoms with Gasteiger partial charge in [0.1, 0.15) is 0 Å². The van der Waals surface area contributed by atoms with Crippen molar-refractivity contribution in [2.24, 2.45) is 0 Å². The van der Waals surface area contributed by atoms with Gasteiger partial charge in [0.05, 0.1) is 0 Å². The minimum atomic E-state index is 0.722. The van der Waals surface area contributed by atoms with Crippen LogP contribution < -0.4 is 5.32 Å². The van der Waals surface area contributed by atoms with E-state index in [4.69, 9.17) is 0 Å². The molecule has 0 aliphatic carbocycles. The van der Waals surface area contributed by atoms with E-state index >= 15 is 0 Å². The summed E-state index contributed by atoms with van der Waals surface area (Å²) in [5.74, 6) is 0. The van der Waals surface area contributed by atoms with E-state index in [-0.39, 0.29) is 0 Å². The van der Waals surface area contributed by atoms with Crippen molar-refractivity contribution in [3.63, 3.8) is 0 Å². The second-order valence-corrected chi connectivity index (χ2v) is 5.86. The largest absolute Gasteiger partial charge is 0.311 e. The summed E-state index contributed by atoms with van der Waals surface area (Å²) < 4.78 is 1.21. The minimum Gasteiger partial charge on any atom is -0.311 e. The van der Waals surface area contributed by atoms with E-state index < -0.39 is 0 Å². The molecule has 1 aromatic carbocycles. The first kappa shape index (κ1) is 13.1. The Balaban J connectivity index is 1.81. The third-order valence-corrected chi connectivity index (χ3v) is 4.31. The molecule has 0 saturated carbocycles. The van der Waals surface area contributed by atoms with Crippen molar-refractivity contribution in [2.75, 3.05) is 20.1 Å². The first-order valence-electron chi connectivity index (χ1n) is 6.33. The Labute approximate surface area is 113 Å². The van der Waals surface area contributed by atoms with Crippen LogP contribution in [0.5, 0.6) is 0 Å². The van der Waals surface area contributed by atoms with Crippen LogP contribution in [-0.4, -0.2) is 31.1 Å². The second-order valence-electron chi connectivity index (χ2n) is 5.00. The molecule has 1 saturated heterocycles. The number of rotatable bonds is 4. The molecule has 1 N–H and O–H groups in total. The van der Waals surface area contributed by atoms with E-state index in [2.05, 4.69) is 58.3 Å². The van der Waals surface area contributed by atoms with E-state index in [1.54, 1.807) is 0 Å². The van der Waals surface area contributed by atoms with Gasteiger partial charge in [-0.3, -0.25) is 0 Å². The smallest absolute Gasteiger partial charge is 0.0222 e. The van der Waals surface area contributed by atoms with E-state index in [1.807, 2.05) is 0 Å². The van der Waals surface area contributed by atoms with Crippen LogP contribution in [0.4, 0.5) is 0 Å². The molecular formula is C14H21BrN2. The Bertz CT molecular complexity index is 378. The molecule has 17 heavy (non-hydrogen) atoms. The van der Waals surface area contributed by atoms with Crippen molar-refractivity contribution in [2.45, 2.75) is 32.4 Å². The van der Waals surface area contributed by atoms with Gasteiger partial charge in [-0.2, -0.15) is 0 Å². The normalized spacial score (nSPS) is 21.0. The molecule has 0 spiro atoms. The fourth-order valence-electron chi connectivity index (χ4n) is 2.41. The molecule has 2 nitrogen and oxygen atoms in total. The molecule has 94 valence electrons. The molecule has 1 fully saturated rings. The fraction of sp³-hybridized carbons (Fsp3) is 0.571. The second kappa shape index (κ2) is 5.98. The SMILES string of the molecule is Cc1ccc(CNCC2CCCN2C)c(Br)c1. The number of benzene rings is 1. The molecular weight excluding hydrogens is 276 g/mol. The Morgan fingerprint density at radius 3 is 2.94 bits per heavy atom. The molecule has 0 radical (unpaired) electrons. The zero-order valence-electron chi connectivity index (χ0n) is 10.7. The van der Waals surface area contributed by atoms with Crippen LogP contribution in [0.25, 0.3) is 0 Å². The van der Waals surface area contributed by atoms with Crippen LogP contribution in [0.2, 0.25) is 0 Å². The number of likely N-dealkylation sites (tertiary alicyclic amines) is 1. The highest BCUT2D eigenvalue weighted by Crippen LogP contribution is 2.18. The monoisotopic (exact) mass is 296 g/mol. The van der Waals surface area contributed by atoms with Gasteiger partial charge in [-0.15, -0.1) is 0 Å². The number of hydrogen-bond acceptors (Lipinski definition) is 2. The molecule has 0 aromatic heterocycles. The van der Waals surface area contributed by atoms with Crippen molar-refractivity contribution in [3.05, 3.63) is 33.8 Å². The van der Waals surface area contributed by atoms with Crippen molar-refractivity contribution in [3.8, 4) is 0 Å². The summed E-state index contributed by atoms with van der Waals surface area (Å²) in [6, 6.07) is 7.27. The predicted octanol–water partition coefficient (Wildman–Crippen LogP) is 2.94. The third kappa shape index (κ3) is 3.54. The van der Waals surface area contributed by atoms with E-state index in [9.17, 15) is 0 Å². The third-order valence-electron chi connectivity index (χ3n) is 3.58. The molecule has 1 aromatic rings. The molecule has 0 amide bonds. The molecule has 1 atom stereocenters. The summed E-state index contributed by atoms with van der Waals surface area (Å²) >= 11 is 3.62. The highest BCUT2D eigenvalue weighted by atomic mass is 79.9. The molecule has 1 aliphatic heterocycles. The standard InChI is InChI=1S/C14H21BrN2/c1-11-5-6-12(14(15)8-11)9-16-10-13-4-3-7-17(13)2/h5-6,8,13,16H,3-4,7,9-10H2,1-2H3. The number of nitrogens with one attached hydrogen (secondary N) is 1. The molecule has 3 heteroatoms. The number of likely N-dealkylation sites (N-methyl/N-ethyl adjacent to an activating group) is 1. The summed E-state index contributed by atoms with van der Waals surface area (Å²) in [5.41, 5.74) is 2.65. The number of halogens is 1. The predicted molar refractivity (Wildman–Crippen MR) is 76.2 cm³/mol. The van der Waals surface area contributed by atoms with Crippen LogP contribution in [0.15, 0.2) is 22.7 Å². The van der Waals surface area contributed by atoms with Gasteiger partial charge < -0.3 is 10.2 Å². The maximum atomic E-state index is 3.62. The van der Waals surface area contributed by atoms with Gasteiger partial charge in [0.2, 0.25) is 0 Å². The van der Waals surface area contributed by atoms with Crippen LogP contribution in [0.1, 0.15) is 24.0 Å². The maximum absolute atomic E-state index is 3.62. The van der Waals surface area contributed by atoms with E-state index in [1.165, 1.54) is 35.0 Å². The van der Waals surface area contributed by atoms with Crippen LogP contribution in [0.3, 0.4) is 0 Å². The summed E-state index contributed by atoms with van der Waals surface area (Å²) in [7, 11) is 2.22. The molecule has 1 heterocycles. The topological polar surface area (TPSA) is 15.3 Å². The van der Waals surface area contributed by atoms with Crippen LogP contribution in [0, 0.1) is 6.92 Å². The number of hydrogen-bond donors (Lipinski definition) is 1. The highest BCUT2D eigenvalue weighted by Gasteiger charge is 2.19. The summed E-state index contributed by atoms with van der Waals surface area (Å²) in [5, 5.41) is 3.56. The van der Waals surface area contributed by atoms with Crippen LogP contribution in [-0.2, 0) is 6.54 Å². The lowest BCUT2D eigenvalue weighted by Gasteiger charge is -2.20. The molecule has 2 rings (SSSR count). The molecule has 1 unspecified atom stereocenters. The van der Waals surface area contributed by atoms with Crippen molar-refractivity contribution in [1.29, 1.82) is 0 Å². The van der Waals surface area contributed by atoms with Crippen molar-refractivity contribution in [1.82, 2.24) is 10.2 Å². The average Bonchev–Trinajstić information content (AvgIpc) is 2.68. The lowest BCUT2D eigenvalue weighted by atomic mass is 10.1. The van der Waals surface area contributed by atoms with Gasteiger partial charge in [0, 0.05) is 23.6 Å². The summed E-state index contributed by atoms with van der Waals surface area (Å²) in [6.07, 6.45) is 2.68. The number of aryl methyl sites for hydroxylation is 1. The zero-order valence-corrected chi connectivity index (χ0v) is 12.3. The highest BCUT2D eigenvalue weighted by molar-refractivity contribution is 9.10. The van der Waals surface area contributed by atoms with E-state index in [0.717, 1.165) is 19.1 Å². The van der Waals surface area contributed by atoms with Crippen molar-refractivity contribution < 1.29 is 0 Å². The van der Waals surface area contributed by atoms with Gasteiger partial charge in [-0.25, -0.2) is 0 Å². The van der Waals surface area contributed by atoms with Gasteiger partial charge in [0.15, 0.2) is 0 Å². The van der Waals surface area contributed by atoms with Gasteiger partial charge >= 0.3 is 0 Å². The zero-order chi connectivity index (χ0) is 12.3. The first-order valence-corrected chi connectivity index (χ1v) is 7.12. The van der Waals surface area contributed by atoms with E-state index in [0.29, 0.717) is 0 Å². The Morgan fingerprint density at radius 2 is 2.29 bits per heavy atom. The lowest BCUT2D eigenvalue weighted by Crippen LogP contribution is -2.35. The Hall–Kier alpha value is -0.380. The first-order chi connectivity index (χ1) is 8.16. The quantitative estimate of drug-likeness (QED) is 0.919. The maximum Gasteiger partial charge on any atom is 0.0222 e. The van der Waals surface area contributed by atoms with Gasteiger partial charge in [-0.05, 0) is 50.6 Å². The summed E-state index contributed by atoms with van der Waals surface area (Å²) in [4.78, 5) is 2.46. The van der Waals surface area contributed by atoms with Crippen molar-refractivity contribution >= 4 is 15.9 Å². The minimum absolute atomic E-state index is 0.722. The van der Waals surface area contributed by atoms with Gasteiger partial charge in [-0.1, -0.05) is 28.1 Å². The Kier molecular flexibility index (Phi) is 4.60. The Morgan fingerprint density at radius 1 is 1.47 bits per heavy atom. The summed E-state index contributed by atoms with van der Waals surface area (Å²) in [6.45, 7) is 5.41. The fourth-order valence-corrected chi connectivity index (χ4v) is 3.04. The lowest BCUT2D eigenvalue weighted by molar-refractivity contribution is 0.300. The average molecular weight is 297 g/mol. The van der Waals surface area contributed by atoms with Gasteiger partial charge in [0.25, 0.3) is 0 Å². The molecule has 0 bridgehead atoms.